The van der Waals surface area contributed by atoms with Crippen LogP contribution in [0.25, 0.3) is 16.9 Å². The molecule has 0 aliphatic rings. The maximum Gasteiger partial charge on any atom is 0.387 e. The van der Waals surface area contributed by atoms with E-state index in [4.69, 9.17) is 17.3 Å². The highest BCUT2D eigenvalue weighted by Crippen LogP contribution is 2.38. The number of hydrogen-bond acceptors (Lipinski definition) is 8. The van der Waals surface area contributed by atoms with E-state index in [0.29, 0.717) is 5.65 Å². The molecule has 1 atom stereocenters. The number of fused-ring (bicyclic) bond motifs is 1. The minimum Gasteiger partial charge on any atom is -0.434 e. The zero-order valence-electron chi connectivity index (χ0n) is 18.6. The first kappa shape index (κ1) is 24.2. The topological polar surface area (TPSA) is 136 Å². The lowest BCUT2D eigenvalue weighted by Gasteiger charge is -2.15. The van der Waals surface area contributed by atoms with E-state index in [1.54, 1.807) is 26.4 Å². The van der Waals surface area contributed by atoms with E-state index < -0.39 is 12.8 Å². The molecular weight excluding hydrogens is 486 g/mol. The number of carbonyl (C=O) groups is 1. The molecule has 0 bridgehead atoms. The van der Waals surface area contributed by atoms with E-state index in [1.165, 1.54) is 44.7 Å². The van der Waals surface area contributed by atoms with E-state index >= 15 is 0 Å². The first-order valence-corrected chi connectivity index (χ1v) is 10.6. The second-order valence-corrected chi connectivity index (χ2v) is 8.07. The van der Waals surface area contributed by atoms with Crippen molar-refractivity contribution < 1.29 is 23.4 Å². The second-order valence-electron chi connectivity index (χ2n) is 7.63. The third-order valence-electron chi connectivity index (χ3n) is 5.00. The summed E-state index contributed by atoms with van der Waals surface area (Å²) in [7, 11) is 3.17. The molecule has 4 aromatic rings. The number of ether oxygens (including phenoxy) is 1. The maximum absolute atomic E-state index is 13.1. The summed E-state index contributed by atoms with van der Waals surface area (Å²) in [6.07, 6.45) is 3.16. The summed E-state index contributed by atoms with van der Waals surface area (Å²) in [6.45, 7) is -3.25. The highest BCUT2D eigenvalue weighted by atomic mass is 35.5. The summed E-state index contributed by atoms with van der Waals surface area (Å²) >= 11 is 6.12. The number of nitrogens with one attached hydrogen (secondary N) is 1. The molecule has 11 nitrogen and oxygen atoms in total. The average molecular weight is 507 g/mol. The van der Waals surface area contributed by atoms with Crippen molar-refractivity contribution in [3.05, 3.63) is 53.4 Å². The number of nitrogens with two attached hydrogens (primary N) is 1. The van der Waals surface area contributed by atoms with Crippen LogP contribution in [0.5, 0.6) is 5.75 Å². The normalized spacial score (nSPS) is 12.2. The Kier molecular flexibility index (Phi) is 6.71. The van der Waals surface area contributed by atoms with Gasteiger partial charge in [0.25, 0.3) is 0 Å². The predicted molar refractivity (Wildman–Crippen MR) is 124 cm³/mol. The molecule has 0 aliphatic heterocycles. The zero-order chi connectivity index (χ0) is 25.3. The number of nitrogens with zero attached hydrogens (tertiary/aromatic N) is 6. The number of nitrogen functional groups attached to an aromatic ring is 1. The van der Waals surface area contributed by atoms with Gasteiger partial charge in [0.05, 0.1) is 11.3 Å². The Hall–Kier alpha value is -3.97. The number of amides is 1. The Balaban J connectivity index is 1.79. The number of aromatic nitrogens is 5. The summed E-state index contributed by atoms with van der Waals surface area (Å²) in [6, 6.07) is 5.71. The van der Waals surface area contributed by atoms with Gasteiger partial charge in [0, 0.05) is 43.3 Å². The molecule has 0 saturated carbocycles. The fourth-order valence-electron chi connectivity index (χ4n) is 3.38. The van der Waals surface area contributed by atoms with Crippen LogP contribution in [0.4, 0.5) is 20.3 Å². The van der Waals surface area contributed by atoms with Crippen LogP contribution in [-0.4, -0.2) is 61.0 Å². The van der Waals surface area contributed by atoms with Crippen molar-refractivity contribution in [3.63, 3.8) is 0 Å². The van der Waals surface area contributed by atoms with Gasteiger partial charge in [0.2, 0.25) is 5.91 Å². The number of anilines is 2. The van der Waals surface area contributed by atoms with Crippen LogP contribution >= 0.6 is 11.6 Å². The van der Waals surface area contributed by atoms with E-state index in [2.05, 4.69) is 25.2 Å². The van der Waals surface area contributed by atoms with Crippen molar-refractivity contribution in [2.45, 2.75) is 19.4 Å². The molecule has 1 unspecified atom stereocenters. The van der Waals surface area contributed by atoms with Crippen LogP contribution in [0.3, 0.4) is 0 Å². The number of likely N-dealkylation sites (N-methyl/N-ethyl adjacent to an activating group) is 1. The number of benzene rings is 1. The van der Waals surface area contributed by atoms with Gasteiger partial charge < -0.3 is 25.8 Å². The largest absolute Gasteiger partial charge is 0.434 e. The summed E-state index contributed by atoms with van der Waals surface area (Å²) < 4.78 is 33.5. The van der Waals surface area contributed by atoms with Crippen molar-refractivity contribution >= 4 is 34.7 Å². The number of halogens is 3. The Bertz CT molecular complexity index is 1370. The van der Waals surface area contributed by atoms with Crippen molar-refractivity contribution in [1.82, 2.24) is 29.3 Å². The molecule has 0 spiro atoms. The van der Waals surface area contributed by atoms with Crippen molar-refractivity contribution in [1.29, 1.82) is 0 Å². The Morgan fingerprint density at radius 3 is 2.83 bits per heavy atom. The minimum atomic E-state index is -3.10. The Morgan fingerprint density at radius 1 is 1.34 bits per heavy atom. The van der Waals surface area contributed by atoms with Gasteiger partial charge in [-0.2, -0.15) is 13.9 Å². The van der Waals surface area contributed by atoms with Crippen molar-refractivity contribution in [2.75, 3.05) is 25.1 Å². The zero-order valence-corrected chi connectivity index (χ0v) is 19.3. The third-order valence-corrected chi connectivity index (χ3v) is 5.23. The number of alkyl halides is 2. The average Bonchev–Trinajstić information content (AvgIpc) is 3.33. The SMILES string of the molecule is CN(C)C(=O)Cn1cc(NC(O)c2c(N)nn3cccnc23)c(-c2cc(Cl)ccc2OC(F)F)n1. The lowest BCUT2D eigenvalue weighted by molar-refractivity contribution is -0.129. The summed E-state index contributed by atoms with van der Waals surface area (Å²) in [5.74, 6) is -0.425. The fraction of sp³-hybridized carbons (Fsp3) is 0.238. The quantitative estimate of drug-likeness (QED) is 0.310. The van der Waals surface area contributed by atoms with Crippen molar-refractivity contribution in [3.8, 4) is 17.0 Å². The van der Waals surface area contributed by atoms with Gasteiger partial charge in [-0.15, -0.1) is 5.10 Å². The lowest BCUT2D eigenvalue weighted by Crippen LogP contribution is -2.26. The molecule has 0 radical (unpaired) electrons. The molecule has 1 aromatic carbocycles. The van der Waals surface area contributed by atoms with Gasteiger partial charge in [-0.25, -0.2) is 9.50 Å². The number of carbonyl (C=O) groups excluding carboxylic acids is 1. The minimum absolute atomic E-state index is 0.0323. The van der Waals surface area contributed by atoms with E-state index in [0.717, 1.165) is 0 Å². The summed E-state index contributed by atoms with van der Waals surface area (Å²) in [5, 5.41) is 22.6. The van der Waals surface area contributed by atoms with Crippen LogP contribution in [0.15, 0.2) is 42.9 Å². The third kappa shape index (κ3) is 5.10. The first-order valence-electron chi connectivity index (χ1n) is 10.2. The number of hydrogen-bond donors (Lipinski definition) is 3. The molecule has 35 heavy (non-hydrogen) atoms. The second kappa shape index (κ2) is 9.72. The molecule has 4 N–H and O–H groups in total. The highest BCUT2D eigenvalue weighted by Gasteiger charge is 2.24. The monoisotopic (exact) mass is 506 g/mol. The van der Waals surface area contributed by atoms with Crippen LogP contribution in [0, 0.1) is 0 Å². The molecule has 3 heterocycles. The van der Waals surface area contributed by atoms with Gasteiger partial charge in [0.15, 0.2) is 17.7 Å². The van der Waals surface area contributed by atoms with Crippen molar-refractivity contribution in [2.24, 2.45) is 0 Å². The summed E-state index contributed by atoms with van der Waals surface area (Å²) in [5.41, 5.74) is 6.93. The van der Waals surface area contributed by atoms with Crippen LogP contribution < -0.4 is 15.8 Å². The molecule has 0 saturated heterocycles. The molecule has 4 rings (SSSR count). The number of aliphatic hydroxyl groups excluding tert-OH is 1. The van der Waals surface area contributed by atoms with Crippen LogP contribution in [-0.2, 0) is 11.3 Å². The van der Waals surface area contributed by atoms with Gasteiger partial charge >= 0.3 is 6.61 Å². The maximum atomic E-state index is 13.1. The molecular formula is C21H21ClF2N8O3. The molecule has 184 valence electrons. The molecule has 0 aliphatic carbocycles. The van der Waals surface area contributed by atoms with Crippen LogP contribution in [0.1, 0.15) is 11.8 Å². The smallest absolute Gasteiger partial charge is 0.387 e. The van der Waals surface area contributed by atoms with E-state index in [-0.39, 0.29) is 51.6 Å². The van der Waals surface area contributed by atoms with E-state index in [9.17, 15) is 18.7 Å². The van der Waals surface area contributed by atoms with Gasteiger partial charge in [-0.05, 0) is 24.3 Å². The van der Waals surface area contributed by atoms with Crippen LogP contribution in [0.2, 0.25) is 5.02 Å². The predicted octanol–water partition coefficient (Wildman–Crippen LogP) is 2.62. The molecule has 0 fully saturated rings. The number of aliphatic hydroxyl groups is 1. The molecule has 1 amide bonds. The van der Waals surface area contributed by atoms with Gasteiger partial charge in [-0.3, -0.25) is 9.48 Å². The summed E-state index contributed by atoms with van der Waals surface area (Å²) in [4.78, 5) is 17.8. The number of rotatable bonds is 8. The van der Waals surface area contributed by atoms with E-state index in [1.807, 2.05) is 0 Å². The Labute approximate surface area is 202 Å². The van der Waals surface area contributed by atoms with Gasteiger partial charge in [-0.1, -0.05) is 11.6 Å². The standard InChI is InChI=1S/C21H21ClF2N8O3/c1-30(2)15(33)10-31-9-13(17(28-31)12-8-11(22)4-5-14(12)35-21(23)24)27-20(34)16-18(25)29-32-7-3-6-26-19(16)32/h3-9,20-21,27,34H,10H2,1-2H3,(H2,25,29). The molecule has 3 aromatic heterocycles. The molecule has 14 heteroatoms. The highest BCUT2D eigenvalue weighted by molar-refractivity contribution is 6.31. The lowest BCUT2D eigenvalue weighted by atomic mass is 10.1. The fourth-order valence-corrected chi connectivity index (χ4v) is 3.55. The first-order chi connectivity index (χ1) is 16.6. The van der Waals surface area contributed by atoms with Gasteiger partial charge in [0.1, 0.15) is 18.0 Å². The Morgan fingerprint density at radius 2 is 2.11 bits per heavy atom.